The van der Waals surface area contributed by atoms with Gasteiger partial charge in [-0.05, 0) is 83.5 Å². The molecule has 6 nitrogen and oxygen atoms in total. The average molecular weight is 904 g/mol. The largest absolute Gasteiger partial charge is 0.462 e. The molecule has 6 heteroatoms. The molecule has 0 fully saturated rings. The van der Waals surface area contributed by atoms with Crippen LogP contribution in [0.4, 0.5) is 0 Å². The molecule has 0 aromatic rings. The molecule has 372 valence electrons. The lowest BCUT2D eigenvalue weighted by atomic mass is 10.0. The summed E-state index contributed by atoms with van der Waals surface area (Å²) in [5.74, 6) is -0.585. The molecule has 1 amide bonds. The average Bonchev–Trinajstić information content (AvgIpc) is 3.30. The first kappa shape index (κ1) is 61.8. The van der Waals surface area contributed by atoms with Crippen LogP contribution < -0.4 is 5.32 Å². The van der Waals surface area contributed by atoms with Crippen LogP contribution in [-0.4, -0.2) is 46.9 Å². The number of allylic oxidation sites excluding steroid dienone is 16. The molecule has 0 aliphatic heterocycles. The van der Waals surface area contributed by atoms with Gasteiger partial charge in [0.25, 0.3) is 0 Å². The third-order valence-corrected chi connectivity index (χ3v) is 11.7. The van der Waals surface area contributed by atoms with Gasteiger partial charge in [0.1, 0.15) is 6.10 Å². The highest BCUT2D eigenvalue weighted by Crippen LogP contribution is 2.17. The number of aliphatic hydroxyl groups excluding tert-OH is 2. The maximum Gasteiger partial charge on any atom is 0.306 e. The summed E-state index contributed by atoms with van der Waals surface area (Å²) in [5.41, 5.74) is 0. The van der Waals surface area contributed by atoms with E-state index in [1.54, 1.807) is 0 Å². The number of ether oxygens (including phenoxy) is 1. The topological polar surface area (TPSA) is 95.9 Å². The third-order valence-electron chi connectivity index (χ3n) is 11.7. The number of hydrogen-bond donors (Lipinski definition) is 3. The Morgan fingerprint density at radius 2 is 0.892 bits per heavy atom. The van der Waals surface area contributed by atoms with Crippen LogP contribution in [-0.2, 0) is 14.3 Å². The van der Waals surface area contributed by atoms with Crippen molar-refractivity contribution in [2.24, 2.45) is 0 Å². The molecule has 3 unspecified atom stereocenters. The summed E-state index contributed by atoms with van der Waals surface area (Å²) in [5, 5.41) is 23.8. The Labute approximate surface area is 401 Å². The molecule has 0 heterocycles. The predicted molar refractivity (Wildman–Crippen MR) is 282 cm³/mol. The van der Waals surface area contributed by atoms with Crippen molar-refractivity contribution in [2.75, 3.05) is 6.61 Å². The molecule has 0 rings (SSSR count). The Morgan fingerprint density at radius 3 is 1.43 bits per heavy atom. The Bertz CT molecular complexity index is 1290. The fourth-order valence-corrected chi connectivity index (χ4v) is 7.67. The zero-order chi connectivity index (χ0) is 47.4. The molecule has 0 saturated carbocycles. The second-order valence-corrected chi connectivity index (χ2v) is 18.0. The minimum atomic E-state index is -0.814. The van der Waals surface area contributed by atoms with Gasteiger partial charge in [0.15, 0.2) is 0 Å². The highest BCUT2D eigenvalue weighted by Gasteiger charge is 2.24. The van der Waals surface area contributed by atoms with Crippen LogP contribution in [0.25, 0.3) is 0 Å². The zero-order valence-corrected chi connectivity index (χ0v) is 42.3. The molecule has 0 radical (unpaired) electrons. The number of esters is 1. The predicted octanol–water partition coefficient (Wildman–Crippen LogP) is 16.5. The first-order chi connectivity index (χ1) is 32.0. The van der Waals surface area contributed by atoms with E-state index in [1.807, 2.05) is 30.4 Å². The number of unbranched alkanes of at least 4 members (excludes halogenated alkanes) is 22. The smallest absolute Gasteiger partial charge is 0.306 e. The molecule has 0 spiro atoms. The summed E-state index contributed by atoms with van der Waals surface area (Å²) >= 11 is 0. The van der Waals surface area contributed by atoms with Gasteiger partial charge in [0.05, 0.1) is 25.2 Å². The minimum absolute atomic E-state index is 0.0246. The number of amides is 1. The minimum Gasteiger partial charge on any atom is -0.462 e. The summed E-state index contributed by atoms with van der Waals surface area (Å²) in [6.45, 7) is 6.30. The van der Waals surface area contributed by atoms with Crippen LogP contribution in [0.15, 0.2) is 97.2 Å². The summed E-state index contributed by atoms with van der Waals surface area (Å²) in [6, 6.07) is -0.732. The lowest BCUT2D eigenvalue weighted by molar-refractivity contribution is -0.151. The molecule has 65 heavy (non-hydrogen) atoms. The van der Waals surface area contributed by atoms with Crippen molar-refractivity contribution >= 4 is 11.9 Å². The molecule has 0 aromatic heterocycles. The van der Waals surface area contributed by atoms with Gasteiger partial charge in [-0.15, -0.1) is 0 Å². The van der Waals surface area contributed by atoms with E-state index in [0.717, 1.165) is 77.0 Å². The van der Waals surface area contributed by atoms with E-state index in [1.165, 1.54) is 109 Å². The van der Waals surface area contributed by atoms with E-state index in [-0.39, 0.29) is 24.9 Å². The van der Waals surface area contributed by atoms with Crippen LogP contribution >= 0.6 is 0 Å². The fourth-order valence-electron chi connectivity index (χ4n) is 7.67. The van der Waals surface area contributed by atoms with Gasteiger partial charge in [-0.3, -0.25) is 9.59 Å². The lowest BCUT2D eigenvalue weighted by Crippen LogP contribution is -2.46. The Hall–Kier alpha value is -3.22. The number of nitrogens with one attached hydrogen (secondary N) is 1. The van der Waals surface area contributed by atoms with Crippen molar-refractivity contribution in [3.8, 4) is 0 Å². The highest BCUT2D eigenvalue weighted by molar-refractivity contribution is 5.77. The fraction of sp³-hybridized carbons (Fsp3) is 0.695. The Balaban J connectivity index is 4.68. The van der Waals surface area contributed by atoms with Crippen LogP contribution in [0.2, 0.25) is 0 Å². The maximum absolute atomic E-state index is 13.2. The molecule has 0 saturated heterocycles. The van der Waals surface area contributed by atoms with Crippen LogP contribution in [0.3, 0.4) is 0 Å². The van der Waals surface area contributed by atoms with Crippen LogP contribution in [0, 0.1) is 0 Å². The third kappa shape index (κ3) is 47.1. The first-order valence-electron chi connectivity index (χ1n) is 27.0. The molecule has 0 aromatic carbocycles. The molecule has 0 bridgehead atoms. The summed E-state index contributed by atoms with van der Waals surface area (Å²) in [4.78, 5) is 26.2. The van der Waals surface area contributed by atoms with Crippen molar-refractivity contribution in [1.82, 2.24) is 5.32 Å². The van der Waals surface area contributed by atoms with Gasteiger partial charge in [0.2, 0.25) is 5.91 Å². The van der Waals surface area contributed by atoms with Crippen molar-refractivity contribution in [2.45, 2.75) is 257 Å². The number of hydrogen-bond acceptors (Lipinski definition) is 5. The van der Waals surface area contributed by atoms with Gasteiger partial charge in [-0.1, -0.05) is 240 Å². The normalized spacial score (nSPS) is 14.0. The van der Waals surface area contributed by atoms with E-state index < -0.39 is 18.2 Å². The molecule has 0 aliphatic carbocycles. The SMILES string of the molecule is CC/C=C/C=C/C=C/C=C\CCCCCC(CC(=O)NC(CO)C(O)CCCCCCCCCCCCCCCCCC)OC(=O)CCC/C=C\C/C=C\C/C=C\C/C=C\CCCCC. The highest BCUT2D eigenvalue weighted by atomic mass is 16.5. The van der Waals surface area contributed by atoms with E-state index >= 15 is 0 Å². The van der Waals surface area contributed by atoms with Crippen molar-refractivity contribution in [1.29, 1.82) is 0 Å². The molecule has 0 aliphatic rings. The number of carbonyl (C=O) groups excluding carboxylic acids is 2. The van der Waals surface area contributed by atoms with Gasteiger partial charge >= 0.3 is 5.97 Å². The van der Waals surface area contributed by atoms with Gasteiger partial charge in [0, 0.05) is 6.42 Å². The summed E-state index contributed by atoms with van der Waals surface area (Å²) < 4.78 is 5.89. The molecule has 3 atom stereocenters. The molecular weight excluding hydrogens is 803 g/mol. The van der Waals surface area contributed by atoms with Crippen molar-refractivity contribution in [3.05, 3.63) is 97.2 Å². The molecule has 3 N–H and O–H groups in total. The summed E-state index contributed by atoms with van der Waals surface area (Å²) in [7, 11) is 0. The Morgan fingerprint density at radius 1 is 0.477 bits per heavy atom. The monoisotopic (exact) mass is 904 g/mol. The maximum atomic E-state index is 13.2. The van der Waals surface area contributed by atoms with Gasteiger partial charge in [-0.25, -0.2) is 0 Å². The van der Waals surface area contributed by atoms with E-state index in [4.69, 9.17) is 4.74 Å². The second-order valence-electron chi connectivity index (χ2n) is 18.0. The van der Waals surface area contributed by atoms with Crippen LogP contribution in [0.1, 0.15) is 239 Å². The number of carbonyl (C=O) groups is 2. The second kappa shape index (κ2) is 51.8. The standard InChI is InChI=1S/C59H101NO5/c1-4-7-10-13-16-19-22-25-27-29-31-34-37-40-43-46-49-52-59(64)65-55(50-47-44-41-38-35-32-24-21-18-15-12-9-6-3)53-58(63)60-56(54-61)57(62)51-48-45-42-39-36-33-30-28-26-23-20-17-14-11-8-5-2/h9,12,15-16,18-19,21,24-25,27,31-32,34-35,40,43,55-57,61-62H,4-8,10-11,13-14,17,20,22-23,26,28-30,33,36-39,41-42,44-54H2,1-3H3,(H,60,63)/b12-9+,18-15+,19-16-,24-21+,27-25-,34-31-,35-32-,43-40-. The number of rotatable bonds is 47. The number of aliphatic hydroxyl groups is 2. The van der Waals surface area contributed by atoms with Gasteiger partial charge in [-0.2, -0.15) is 0 Å². The lowest BCUT2D eigenvalue weighted by Gasteiger charge is -2.24. The van der Waals surface area contributed by atoms with E-state index in [9.17, 15) is 19.8 Å². The van der Waals surface area contributed by atoms with Crippen molar-refractivity contribution in [3.63, 3.8) is 0 Å². The van der Waals surface area contributed by atoms with Gasteiger partial charge < -0.3 is 20.3 Å². The molecular formula is C59H101NO5. The van der Waals surface area contributed by atoms with Crippen LogP contribution in [0.5, 0.6) is 0 Å². The summed E-state index contributed by atoms with van der Waals surface area (Å²) in [6.07, 6.45) is 69.0. The quantitative estimate of drug-likeness (QED) is 0.0245. The zero-order valence-electron chi connectivity index (χ0n) is 42.3. The van der Waals surface area contributed by atoms with Crippen molar-refractivity contribution < 1.29 is 24.5 Å². The van der Waals surface area contributed by atoms with E-state index in [0.29, 0.717) is 25.7 Å². The first-order valence-corrected chi connectivity index (χ1v) is 27.0. The van der Waals surface area contributed by atoms with E-state index in [2.05, 4.69) is 92.9 Å². The Kier molecular flexibility index (Phi) is 49.2.